The molecule has 1 aliphatic heterocycles. The fourth-order valence-corrected chi connectivity index (χ4v) is 10.5. The van der Waals surface area contributed by atoms with Gasteiger partial charge in [0.2, 0.25) is 0 Å². The molecule has 4 rings (SSSR count). The van der Waals surface area contributed by atoms with Crippen molar-refractivity contribution in [1.82, 2.24) is 0 Å². The Kier molecular flexibility index (Phi) is 11.0. The molecule has 1 aromatic heterocycles. The minimum Gasteiger partial charge on any atom is -0.459 e. The molecule has 0 amide bonds. The van der Waals surface area contributed by atoms with E-state index in [1.165, 1.54) is 15.9 Å². The van der Waals surface area contributed by atoms with Crippen LogP contribution in [-0.4, -0.2) is 38.3 Å². The summed E-state index contributed by atoms with van der Waals surface area (Å²) < 4.78 is 18.9. The van der Waals surface area contributed by atoms with Gasteiger partial charge in [-0.25, -0.2) is 0 Å². The van der Waals surface area contributed by atoms with Crippen molar-refractivity contribution in [1.29, 1.82) is 0 Å². The number of rotatable bonds is 13. The molecule has 0 aliphatic carbocycles. The number of hydrogen-bond donors (Lipinski definition) is 2. The molecule has 42 heavy (non-hydrogen) atoms. The van der Waals surface area contributed by atoms with Crippen LogP contribution >= 0.6 is 0 Å². The predicted octanol–water partition coefficient (Wildman–Crippen LogP) is 6.67. The van der Waals surface area contributed by atoms with E-state index >= 15 is 0 Å². The molecule has 3 aromatic rings. The van der Waals surface area contributed by atoms with Gasteiger partial charge in [0.25, 0.3) is 8.32 Å². The van der Waals surface area contributed by atoms with E-state index in [0.717, 1.165) is 36.2 Å². The van der Waals surface area contributed by atoms with Gasteiger partial charge >= 0.3 is 7.12 Å². The predicted molar refractivity (Wildman–Crippen MR) is 175 cm³/mol. The van der Waals surface area contributed by atoms with Gasteiger partial charge in [0.1, 0.15) is 18.1 Å². The molecular formula is C35H45BO5Si. The average Bonchev–Trinajstić information content (AvgIpc) is 3.44. The lowest BCUT2D eigenvalue weighted by Crippen LogP contribution is -2.66. The van der Waals surface area contributed by atoms with Gasteiger partial charge in [0.15, 0.2) is 0 Å². The van der Waals surface area contributed by atoms with E-state index in [2.05, 4.69) is 95.0 Å². The summed E-state index contributed by atoms with van der Waals surface area (Å²) in [5.74, 6) is 1.30. The van der Waals surface area contributed by atoms with E-state index in [1.807, 2.05) is 18.2 Å². The minimum atomic E-state index is -2.72. The van der Waals surface area contributed by atoms with Crippen LogP contribution in [0.1, 0.15) is 64.9 Å². The van der Waals surface area contributed by atoms with Crippen molar-refractivity contribution in [3.8, 4) is 0 Å². The zero-order chi connectivity index (χ0) is 30.2. The largest absolute Gasteiger partial charge is 0.459 e. The van der Waals surface area contributed by atoms with Crippen LogP contribution in [-0.2, 0) is 15.7 Å². The fraction of sp³-hybridized carbons (Fsp3) is 0.371. The lowest BCUT2D eigenvalue weighted by Gasteiger charge is -2.43. The van der Waals surface area contributed by atoms with Crippen LogP contribution in [0.2, 0.25) is 11.4 Å². The van der Waals surface area contributed by atoms with E-state index in [1.54, 1.807) is 6.07 Å². The molecule has 1 unspecified atom stereocenters. The molecule has 2 heterocycles. The first kappa shape index (κ1) is 32.0. The Hall–Kier alpha value is -2.94. The second-order valence-electron chi connectivity index (χ2n) is 12.1. The molecule has 1 atom stereocenters. The van der Waals surface area contributed by atoms with Gasteiger partial charge < -0.3 is 23.6 Å². The normalized spacial score (nSPS) is 16.4. The maximum atomic E-state index is 10.4. The third-order valence-electron chi connectivity index (χ3n) is 7.98. The molecule has 0 saturated heterocycles. The van der Waals surface area contributed by atoms with Crippen molar-refractivity contribution >= 4 is 31.9 Å². The van der Waals surface area contributed by atoms with Gasteiger partial charge in [-0.2, -0.15) is 0 Å². The molecule has 1 aliphatic rings. The topological polar surface area (TPSA) is 72.1 Å². The third kappa shape index (κ3) is 7.52. The standard InChI is InChI=1S/C35H45BO5Si/c1-6-13-28(24-29-19-20-30(25-37)40-29)18-21-34-33(22-23-36(38)41-34)27(2)26-39-42(35(3,4)5,31-14-9-7-10-15-31)32-16-11-8-12-17-32/h7-12,14-17,19-20,22,24,34,37-38H,2,6,13,18,21,23,25-26H2,1,3-5H3/b28-24+. The molecule has 7 heteroatoms. The molecule has 0 spiro atoms. The first-order valence-corrected chi connectivity index (χ1v) is 16.9. The van der Waals surface area contributed by atoms with Crippen molar-refractivity contribution in [2.75, 3.05) is 6.61 Å². The van der Waals surface area contributed by atoms with E-state index < -0.39 is 15.4 Å². The van der Waals surface area contributed by atoms with E-state index in [9.17, 15) is 10.1 Å². The average molecular weight is 585 g/mol. The van der Waals surface area contributed by atoms with Gasteiger partial charge in [-0.15, -0.1) is 0 Å². The highest BCUT2D eigenvalue weighted by atomic mass is 28.4. The van der Waals surface area contributed by atoms with Gasteiger partial charge in [-0.05, 0) is 64.0 Å². The SMILES string of the molecule is C=C(CO[Si](c1ccccc1)(c1ccccc1)C(C)(C)C)C1=CCB(O)OC1CC/C(=C/c1ccc(CO)o1)CCC. The molecule has 2 N–H and O–H groups in total. The number of hydrogen-bond acceptors (Lipinski definition) is 5. The summed E-state index contributed by atoms with van der Waals surface area (Å²) in [5, 5.41) is 22.1. The monoisotopic (exact) mass is 584 g/mol. The molecule has 0 bridgehead atoms. The molecular weight excluding hydrogens is 539 g/mol. The Morgan fingerprint density at radius 3 is 2.21 bits per heavy atom. The highest BCUT2D eigenvalue weighted by molar-refractivity contribution is 6.99. The molecule has 0 radical (unpaired) electrons. The number of aliphatic hydroxyl groups excluding tert-OH is 1. The second-order valence-corrected chi connectivity index (χ2v) is 16.4. The Labute approximate surface area is 252 Å². The first-order chi connectivity index (χ1) is 20.2. The molecule has 5 nitrogen and oxygen atoms in total. The van der Waals surface area contributed by atoms with Crippen LogP contribution in [0.4, 0.5) is 0 Å². The number of aliphatic hydroxyl groups is 1. The number of furan rings is 1. The van der Waals surface area contributed by atoms with Gasteiger partial charge in [-0.1, -0.05) is 113 Å². The van der Waals surface area contributed by atoms with Crippen LogP contribution in [0.25, 0.3) is 6.08 Å². The Bertz CT molecular complexity index is 1320. The van der Waals surface area contributed by atoms with Crippen LogP contribution in [0, 0.1) is 0 Å². The van der Waals surface area contributed by atoms with Crippen molar-refractivity contribution < 1.29 is 23.6 Å². The Morgan fingerprint density at radius 1 is 1.02 bits per heavy atom. The van der Waals surface area contributed by atoms with Crippen LogP contribution in [0.3, 0.4) is 0 Å². The zero-order valence-corrected chi connectivity index (χ0v) is 26.5. The quantitative estimate of drug-likeness (QED) is 0.220. The summed E-state index contributed by atoms with van der Waals surface area (Å²) >= 11 is 0. The van der Waals surface area contributed by atoms with Gasteiger partial charge in [-0.3, -0.25) is 0 Å². The third-order valence-corrected chi connectivity index (χ3v) is 13.0. The lowest BCUT2D eigenvalue weighted by atomic mass is 9.78. The summed E-state index contributed by atoms with van der Waals surface area (Å²) in [6, 6.07) is 24.9. The van der Waals surface area contributed by atoms with E-state index in [4.69, 9.17) is 13.5 Å². The van der Waals surface area contributed by atoms with Gasteiger partial charge in [0.05, 0.1) is 12.7 Å². The van der Waals surface area contributed by atoms with E-state index in [0.29, 0.717) is 25.1 Å². The highest BCUT2D eigenvalue weighted by Crippen LogP contribution is 2.38. The van der Waals surface area contributed by atoms with Crippen LogP contribution < -0.4 is 10.4 Å². The number of allylic oxidation sites excluding steroid dienone is 2. The summed E-state index contributed by atoms with van der Waals surface area (Å²) in [5.41, 5.74) is 3.14. The van der Waals surface area contributed by atoms with Crippen LogP contribution in [0.15, 0.2) is 107 Å². The summed E-state index contributed by atoms with van der Waals surface area (Å²) in [7, 11) is -3.55. The van der Waals surface area contributed by atoms with Crippen molar-refractivity contribution in [2.24, 2.45) is 0 Å². The molecule has 222 valence electrons. The van der Waals surface area contributed by atoms with Crippen LogP contribution in [0.5, 0.6) is 0 Å². The highest BCUT2D eigenvalue weighted by Gasteiger charge is 2.50. The molecule has 2 aromatic carbocycles. The Balaban J connectivity index is 1.56. The maximum Gasteiger partial charge on any atom is 0.458 e. The zero-order valence-electron chi connectivity index (χ0n) is 25.5. The fourth-order valence-electron chi connectivity index (χ4n) is 5.98. The van der Waals surface area contributed by atoms with Crippen molar-refractivity contribution in [2.45, 2.75) is 77.4 Å². The Morgan fingerprint density at radius 2 is 1.67 bits per heavy atom. The van der Waals surface area contributed by atoms with Gasteiger partial charge in [0, 0.05) is 6.32 Å². The van der Waals surface area contributed by atoms with E-state index in [-0.39, 0.29) is 17.7 Å². The van der Waals surface area contributed by atoms with Crippen molar-refractivity contribution in [3.05, 3.63) is 114 Å². The summed E-state index contributed by atoms with van der Waals surface area (Å²) in [4.78, 5) is 0. The molecule has 0 saturated carbocycles. The lowest BCUT2D eigenvalue weighted by molar-refractivity contribution is 0.180. The van der Waals surface area contributed by atoms with Crippen molar-refractivity contribution in [3.63, 3.8) is 0 Å². The first-order valence-electron chi connectivity index (χ1n) is 15.0. The smallest absolute Gasteiger partial charge is 0.458 e. The summed E-state index contributed by atoms with van der Waals surface area (Å²) in [6.07, 6.45) is 7.72. The number of benzene rings is 2. The minimum absolute atomic E-state index is 0.114. The molecule has 0 fully saturated rings. The summed E-state index contributed by atoms with van der Waals surface area (Å²) in [6.45, 7) is 13.7. The second kappa shape index (κ2) is 14.5. The maximum absolute atomic E-state index is 10.4.